The Morgan fingerprint density at radius 1 is 0.957 bits per heavy atom. The molecule has 2 aliphatic carbocycles. The molecule has 3 rings (SSSR count). The van der Waals surface area contributed by atoms with Crippen LogP contribution in [0.3, 0.4) is 0 Å². The number of hydrogen-bond acceptors (Lipinski definition) is 2. The molecule has 0 aromatic carbocycles. The minimum Gasteiger partial charge on any atom is -0.375 e. The van der Waals surface area contributed by atoms with Crippen molar-refractivity contribution in [1.29, 1.82) is 0 Å². The van der Waals surface area contributed by atoms with E-state index in [-0.39, 0.29) is 12.0 Å². The zero-order chi connectivity index (χ0) is 16.4. The lowest BCUT2D eigenvalue weighted by Gasteiger charge is -2.44. The van der Waals surface area contributed by atoms with Crippen LogP contribution in [0.2, 0.25) is 0 Å². The first-order chi connectivity index (χ1) is 11.0. The lowest BCUT2D eigenvalue weighted by atomic mass is 9.77. The summed E-state index contributed by atoms with van der Waals surface area (Å²) in [7, 11) is 0. The van der Waals surface area contributed by atoms with Crippen LogP contribution < -0.4 is 0 Å². The summed E-state index contributed by atoms with van der Waals surface area (Å²) in [5.41, 5.74) is 0. The first-order valence-corrected chi connectivity index (χ1v) is 9.59. The van der Waals surface area contributed by atoms with E-state index in [0.29, 0.717) is 18.9 Å². The summed E-state index contributed by atoms with van der Waals surface area (Å²) in [5, 5.41) is 0. The maximum absolute atomic E-state index is 14.4. The second-order valence-corrected chi connectivity index (χ2v) is 8.20. The molecule has 1 saturated heterocycles. The molecule has 23 heavy (non-hydrogen) atoms. The van der Waals surface area contributed by atoms with Crippen LogP contribution >= 0.6 is 0 Å². The van der Waals surface area contributed by atoms with Crippen LogP contribution in [0, 0.1) is 17.8 Å². The summed E-state index contributed by atoms with van der Waals surface area (Å²) < 4.78 is 40.2. The number of ether oxygens (including phenoxy) is 2. The van der Waals surface area contributed by atoms with Crippen molar-refractivity contribution in [2.45, 2.75) is 95.9 Å². The van der Waals surface area contributed by atoms with E-state index in [2.05, 4.69) is 6.92 Å². The van der Waals surface area contributed by atoms with E-state index in [1.807, 2.05) is 6.92 Å². The van der Waals surface area contributed by atoms with Gasteiger partial charge in [0.05, 0.1) is 18.3 Å². The third kappa shape index (κ3) is 4.25. The summed E-state index contributed by atoms with van der Waals surface area (Å²) in [6, 6.07) is 0. The van der Waals surface area contributed by atoms with Gasteiger partial charge in [-0.3, -0.25) is 0 Å². The Morgan fingerprint density at radius 3 is 2.43 bits per heavy atom. The molecular formula is C19H32F2O2. The van der Waals surface area contributed by atoms with Gasteiger partial charge in [-0.2, -0.15) is 0 Å². The number of rotatable bonds is 4. The molecule has 0 N–H and O–H groups in total. The van der Waals surface area contributed by atoms with Crippen molar-refractivity contribution in [1.82, 2.24) is 0 Å². The van der Waals surface area contributed by atoms with Gasteiger partial charge in [0.2, 0.25) is 0 Å². The fourth-order valence-corrected chi connectivity index (χ4v) is 4.63. The van der Waals surface area contributed by atoms with Crippen molar-refractivity contribution >= 4 is 0 Å². The van der Waals surface area contributed by atoms with Gasteiger partial charge in [0.1, 0.15) is 0 Å². The first kappa shape index (κ1) is 17.6. The Kier molecular flexibility index (Phi) is 5.95. The Balaban J connectivity index is 1.45. The number of alkyl halides is 2. The van der Waals surface area contributed by atoms with Gasteiger partial charge >= 0.3 is 0 Å². The number of fused-ring (bicyclic) bond motifs is 1. The summed E-state index contributed by atoms with van der Waals surface area (Å²) in [6.07, 6.45) is 4.44. The summed E-state index contributed by atoms with van der Waals surface area (Å²) >= 11 is 0. The molecule has 1 heterocycles. The standard InChI is InChI=1S/C19H32F2O2/c1-12-3-6-14(7-4-12)9-10-22-16-11-15-8-5-13(2)23-19(15)18(21)17(16)20/h12-19H,3-11H2,1-2H3. The summed E-state index contributed by atoms with van der Waals surface area (Å²) in [4.78, 5) is 0. The summed E-state index contributed by atoms with van der Waals surface area (Å²) in [5.74, 6) is 1.67. The van der Waals surface area contributed by atoms with E-state index in [1.165, 1.54) is 25.7 Å². The van der Waals surface area contributed by atoms with Crippen molar-refractivity contribution in [2.24, 2.45) is 17.8 Å². The van der Waals surface area contributed by atoms with Crippen molar-refractivity contribution in [2.75, 3.05) is 6.61 Å². The summed E-state index contributed by atoms with van der Waals surface area (Å²) in [6.45, 7) is 4.84. The highest BCUT2D eigenvalue weighted by molar-refractivity contribution is 4.97. The van der Waals surface area contributed by atoms with Gasteiger partial charge in [0.15, 0.2) is 12.3 Å². The Bertz CT molecular complexity index is 368. The van der Waals surface area contributed by atoms with E-state index in [1.54, 1.807) is 0 Å². The van der Waals surface area contributed by atoms with Crippen LogP contribution in [0.15, 0.2) is 0 Å². The predicted molar refractivity (Wildman–Crippen MR) is 86.9 cm³/mol. The Labute approximate surface area is 139 Å². The van der Waals surface area contributed by atoms with E-state index in [9.17, 15) is 8.78 Å². The van der Waals surface area contributed by atoms with Crippen molar-refractivity contribution < 1.29 is 18.3 Å². The van der Waals surface area contributed by atoms with E-state index >= 15 is 0 Å². The van der Waals surface area contributed by atoms with Crippen LogP contribution in [0.4, 0.5) is 8.78 Å². The molecule has 6 atom stereocenters. The molecule has 134 valence electrons. The van der Waals surface area contributed by atoms with E-state index in [0.717, 1.165) is 25.2 Å². The highest BCUT2D eigenvalue weighted by Crippen LogP contribution is 2.40. The third-order valence-electron chi connectivity index (χ3n) is 6.30. The molecule has 6 unspecified atom stereocenters. The second-order valence-electron chi connectivity index (χ2n) is 8.20. The molecule has 4 heteroatoms. The molecular weight excluding hydrogens is 298 g/mol. The smallest absolute Gasteiger partial charge is 0.160 e. The van der Waals surface area contributed by atoms with Gasteiger partial charge in [-0.25, -0.2) is 8.78 Å². The van der Waals surface area contributed by atoms with Crippen molar-refractivity contribution in [3.63, 3.8) is 0 Å². The molecule has 3 aliphatic rings. The quantitative estimate of drug-likeness (QED) is 0.733. The monoisotopic (exact) mass is 330 g/mol. The highest BCUT2D eigenvalue weighted by Gasteiger charge is 2.48. The maximum Gasteiger partial charge on any atom is 0.160 e. The SMILES string of the molecule is CC1CCC(CCOC2CC3CCC(C)OC3C(F)C2F)CC1. The highest BCUT2D eigenvalue weighted by atomic mass is 19.2. The van der Waals surface area contributed by atoms with Crippen LogP contribution in [-0.2, 0) is 9.47 Å². The molecule has 1 aliphatic heterocycles. The van der Waals surface area contributed by atoms with E-state index < -0.39 is 24.6 Å². The van der Waals surface area contributed by atoms with Gasteiger partial charge in [-0.15, -0.1) is 0 Å². The van der Waals surface area contributed by atoms with Crippen LogP contribution in [0.5, 0.6) is 0 Å². The molecule has 3 fully saturated rings. The number of hydrogen-bond donors (Lipinski definition) is 0. The van der Waals surface area contributed by atoms with Gasteiger partial charge < -0.3 is 9.47 Å². The topological polar surface area (TPSA) is 18.5 Å². The zero-order valence-corrected chi connectivity index (χ0v) is 14.6. The van der Waals surface area contributed by atoms with Crippen LogP contribution in [0.25, 0.3) is 0 Å². The zero-order valence-electron chi connectivity index (χ0n) is 14.6. The van der Waals surface area contributed by atoms with Gasteiger partial charge in [0, 0.05) is 6.61 Å². The Morgan fingerprint density at radius 2 is 1.70 bits per heavy atom. The molecule has 0 radical (unpaired) electrons. The lowest BCUT2D eigenvalue weighted by molar-refractivity contribution is -0.179. The molecule has 0 spiro atoms. The fourth-order valence-electron chi connectivity index (χ4n) is 4.63. The minimum absolute atomic E-state index is 0.0489. The molecule has 0 aromatic rings. The third-order valence-corrected chi connectivity index (χ3v) is 6.30. The molecule has 0 amide bonds. The van der Waals surface area contributed by atoms with Crippen LogP contribution in [-0.4, -0.2) is 37.3 Å². The minimum atomic E-state index is -1.53. The molecule has 2 saturated carbocycles. The lowest BCUT2D eigenvalue weighted by Crippen LogP contribution is -2.54. The maximum atomic E-state index is 14.4. The van der Waals surface area contributed by atoms with Crippen molar-refractivity contribution in [3.05, 3.63) is 0 Å². The Hall–Kier alpha value is -0.220. The van der Waals surface area contributed by atoms with Gasteiger partial charge in [0.25, 0.3) is 0 Å². The van der Waals surface area contributed by atoms with Gasteiger partial charge in [-0.05, 0) is 50.4 Å². The fraction of sp³-hybridized carbons (Fsp3) is 1.00. The largest absolute Gasteiger partial charge is 0.375 e. The molecule has 2 nitrogen and oxygen atoms in total. The predicted octanol–water partition coefficient (Wildman–Crippen LogP) is 4.85. The van der Waals surface area contributed by atoms with Gasteiger partial charge in [-0.1, -0.05) is 32.6 Å². The average molecular weight is 330 g/mol. The molecule has 0 bridgehead atoms. The normalized spacial score (nSPS) is 48.0. The second kappa shape index (κ2) is 7.77. The number of halogens is 2. The molecule has 0 aromatic heterocycles. The first-order valence-electron chi connectivity index (χ1n) is 9.59. The van der Waals surface area contributed by atoms with Crippen LogP contribution in [0.1, 0.15) is 65.2 Å². The van der Waals surface area contributed by atoms with Crippen molar-refractivity contribution in [3.8, 4) is 0 Å². The van der Waals surface area contributed by atoms with E-state index in [4.69, 9.17) is 9.47 Å². The average Bonchev–Trinajstić information content (AvgIpc) is 2.54.